The average molecular weight is 564 g/mol. The molecule has 0 bridgehead atoms. The zero-order valence-electron chi connectivity index (χ0n) is 22.6. The Bertz CT molecular complexity index is 1590. The average Bonchev–Trinajstić information content (AvgIpc) is 2.93. The number of aromatic nitrogens is 1. The number of amides is 1. The number of anilines is 1. The summed E-state index contributed by atoms with van der Waals surface area (Å²) >= 11 is 0. The van der Waals surface area contributed by atoms with Gasteiger partial charge >= 0.3 is 0 Å². The fourth-order valence-corrected chi connectivity index (χ4v) is 5.17. The number of pyridine rings is 1. The summed E-state index contributed by atoms with van der Waals surface area (Å²) in [6, 6.07) is 16.9. The third-order valence-electron chi connectivity index (χ3n) is 6.10. The number of carbonyl (C=O) groups is 1. The van der Waals surface area contributed by atoms with Crippen molar-refractivity contribution in [1.29, 1.82) is 0 Å². The highest BCUT2D eigenvalue weighted by molar-refractivity contribution is 7.90. The third kappa shape index (κ3) is 6.50. The molecule has 0 radical (unpaired) electrons. The maximum Gasteiger partial charge on any atom is 0.264 e. The molecule has 1 heterocycles. The molecule has 3 aromatic carbocycles. The van der Waals surface area contributed by atoms with Crippen LogP contribution >= 0.6 is 0 Å². The van der Waals surface area contributed by atoms with Gasteiger partial charge in [0.15, 0.2) is 11.5 Å². The van der Waals surface area contributed by atoms with Gasteiger partial charge in [0, 0.05) is 24.3 Å². The van der Waals surface area contributed by atoms with Gasteiger partial charge in [0.05, 0.1) is 23.3 Å². The smallest absolute Gasteiger partial charge is 0.264 e. The molecule has 10 nitrogen and oxygen atoms in total. The molecular formula is C29H33N5O5S. The van der Waals surface area contributed by atoms with E-state index in [-0.39, 0.29) is 17.5 Å². The fourth-order valence-electron chi connectivity index (χ4n) is 4.18. The molecule has 5 N–H and O–H groups in total. The predicted octanol–water partition coefficient (Wildman–Crippen LogP) is 3.81. The molecule has 1 unspecified atom stereocenters. The minimum atomic E-state index is -4.22. The van der Waals surface area contributed by atoms with Gasteiger partial charge in [-0.25, -0.2) is 19.0 Å². The molecule has 0 fully saturated rings. The van der Waals surface area contributed by atoms with Crippen molar-refractivity contribution in [2.24, 2.45) is 11.6 Å². The maximum atomic E-state index is 13.8. The summed E-state index contributed by atoms with van der Waals surface area (Å²) in [5.74, 6) is 6.63. The second-order valence-electron chi connectivity index (χ2n) is 9.34. The SMILES string of the molecule is CCOc1cc(C(C(=O)NS(=O)(=O)c2ccc(CN)cc2)N(N)c2ccc3cnccc3c2)ccc1OC(C)C. The second-order valence-corrected chi connectivity index (χ2v) is 11.0. The van der Waals surface area contributed by atoms with Crippen molar-refractivity contribution in [3.63, 3.8) is 0 Å². The Morgan fingerprint density at radius 1 is 1.00 bits per heavy atom. The molecule has 210 valence electrons. The van der Waals surface area contributed by atoms with Crippen molar-refractivity contribution < 1.29 is 22.7 Å². The van der Waals surface area contributed by atoms with Crippen LogP contribution in [0.25, 0.3) is 10.8 Å². The molecule has 4 aromatic rings. The van der Waals surface area contributed by atoms with E-state index in [1.807, 2.05) is 32.9 Å². The minimum absolute atomic E-state index is 0.0748. The zero-order chi connectivity index (χ0) is 28.9. The highest BCUT2D eigenvalue weighted by Crippen LogP contribution is 2.35. The van der Waals surface area contributed by atoms with E-state index in [1.54, 1.807) is 54.9 Å². The number of ether oxygens (including phenoxy) is 2. The second kappa shape index (κ2) is 12.3. The van der Waals surface area contributed by atoms with Crippen LogP contribution in [0.15, 0.2) is 84.0 Å². The van der Waals surface area contributed by atoms with Crippen LogP contribution in [0.2, 0.25) is 0 Å². The van der Waals surface area contributed by atoms with Crippen molar-refractivity contribution >= 4 is 32.4 Å². The lowest BCUT2D eigenvalue weighted by molar-refractivity contribution is -0.120. The topological polar surface area (TPSA) is 150 Å². The van der Waals surface area contributed by atoms with Gasteiger partial charge in [-0.05, 0) is 79.7 Å². The highest BCUT2D eigenvalue weighted by Gasteiger charge is 2.31. The summed E-state index contributed by atoms with van der Waals surface area (Å²) in [6.45, 7) is 6.23. The van der Waals surface area contributed by atoms with Crippen molar-refractivity contribution in [2.75, 3.05) is 11.6 Å². The molecule has 40 heavy (non-hydrogen) atoms. The number of hydrogen-bond donors (Lipinski definition) is 3. The van der Waals surface area contributed by atoms with Gasteiger partial charge in [-0.3, -0.25) is 14.8 Å². The molecule has 0 saturated heterocycles. The van der Waals surface area contributed by atoms with Gasteiger partial charge in [0.1, 0.15) is 6.04 Å². The molecule has 11 heteroatoms. The van der Waals surface area contributed by atoms with Crippen LogP contribution in [-0.2, 0) is 21.4 Å². The van der Waals surface area contributed by atoms with Crippen molar-refractivity contribution in [3.8, 4) is 11.5 Å². The van der Waals surface area contributed by atoms with E-state index < -0.39 is 22.0 Å². The highest BCUT2D eigenvalue weighted by atomic mass is 32.2. The minimum Gasteiger partial charge on any atom is -0.490 e. The number of nitrogens with zero attached hydrogens (tertiary/aromatic N) is 2. The molecule has 0 saturated carbocycles. The van der Waals surface area contributed by atoms with Crippen LogP contribution < -0.4 is 30.8 Å². The normalized spacial score (nSPS) is 12.2. The van der Waals surface area contributed by atoms with Gasteiger partial charge in [-0.1, -0.05) is 24.3 Å². The molecule has 4 rings (SSSR count). The van der Waals surface area contributed by atoms with Crippen LogP contribution in [0.3, 0.4) is 0 Å². The Kier molecular flexibility index (Phi) is 8.88. The van der Waals surface area contributed by atoms with E-state index >= 15 is 0 Å². The Morgan fingerprint density at radius 3 is 2.42 bits per heavy atom. The van der Waals surface area contributed by atoms with Crippen molar-refractivity contribution in [2.45, 2.75) is 44.4 Å². The van der Waals surface area contributed by atoms with Crippen LogP contribution in [0.5, 0.6) is 11.5 Å². The van der Waals surface area contributed by atoms with E-state index in [2.05, 4.69) is 9.71 Å². The summed E-state index contributed by atoms with van der Waals surface area (Å²) in [4.78, 5) is 17.8. The first-order valence-corrected chi connectivity index (χ1v) is 14.3. The van der Waals surface area contributed by atoms with Crippen molar-refractivity contribution in [3.05, 3.63) is 90.3 Å². The first-order chi connectivity index (χ1) is 19.1. The monoisotopic (exact) mass is 563 g/mol. The number of nitrogens with one attached hydrogen (secondary N) is 1. The number of hydrogen-bond acceptors (Lipinski definition) is 9. The number of fused-ring (bicyclic) bond motifs is 1. The summed E-state index contributed by atoms with van der Waals surface area (Å²) in [7, 11) is -4.22. The largest absolute Gasteiger partial charge is 0.490 e. The van der Waals surface area contributed by atoms with Crippen LogP contribution in [0.4, 0.5) is 5.69 Å². The van der Waals surface area contributed by atoms with E-state index in [9.17, 15) is 13.2 Å². The summed E-state index contributed by atoms with van der Waals surface area (Å²) in [6.07, 6.45) is 3.26. The van der Waals surface area contributed by atoms with E-state index in [4.69, 9.17) is 21.1 Å². The number of hydrazine groups is 1. The summed E-state index contributed by atoms with van der Waals surface area (Å²) < 4.78 is 40.2. The summed E-state index contributed by atoms with van der Waals surface area (Å²) in [5.41, 5.74) is 7.28. The lowest BCUT2D eigenvalue weighted by Crippen LogP contribution is -2.46. The Balaban J connectivity index is 1.76. The number of rotatable bonds is 11. The number of benzene rings is 3. The van der Waals surface area contributed by atoms with Gasteiger partial charge in [0.2, 0.25) is 0 Å². The third-order valence-corrected chi connectivity index (χ3v) is 7.46. The predicted molar refractivity (Wildman–Crippen MR) is 154 cm³/mol. The summed E-state index contributed by atoms with van der Waals surface area (Å²) in [5, 5.41) is 2.97. The Morgan fingerprint density at radius 2 is 1.75 bits per heavy atom. The molecular weight excluding hydrogens is 530 g/mol. The first kappa shape index (κ1) is 28.8. The maximum absolute atomic E-state index is 13.8. The van der Waals surface area contributed by atoms with Gasteiger partial charge in [-0.15, -0.1) is 0 Å². The quantitative estimate of drug-likeness (QED) is 0.183. The van der Waals surface area contributed by atoms with E-state index in [1.165, 1.54) is 17.1 Å². The molecule has 1 aromatic heterocycles. The van der Waals surface area contributed by atoms with Gasteiger partial charge in [0.25, 0.3) is 15.9 Å². The fraction of sp³-hybridized carbons (Fsp3) is 0.241. The van der Waals surface area contributed by atoms with Crippen LogP contribution in [-0.4, -0.2) is 32.0 Å². The molecule has 0 spiro atoms. The molecule has 0 aliphatic heterocycles. The van der Waals surface area contributed by atoms with Crippen LogP contribution in [0, 0.1) is 0 Å². The Hall–Kier alpha value is -4.19. The molecule has 1 atom stereocenters. The number of sulfonamides is 1. The van der Waals surface area contributed by atoms with E-state index in [0.29, 0.717) is 29.4 Å². The van der Waals surface area contributed by atoms with Crippen molar-refractivity contribution in [1.82, 2.24) is 9.71 Å². The number of nitrogens with two attached hydrogens (primary N) is 2. The molecule has 0 aliphatic carbocycles. The van der Waals surface area contributed by atoms with Gasteiger partial charge < -0.3 is 15.2 Å². The molecule has 1 amide bonds. The molecule has 0 aliphatic rings. The zero-order valence-corrected chi connectivity index (χ0v) is 23.4. The van der Waals surface area contributed by atoms with Gasteiger partial charge in [-0.2, -0.15) is 0 Å². The number of carbonyl (C=O) groups excluding carboxylic acids is 1. The lowest BCUT2D eigenvalue weighted by Gasteiger charge is -2.29. The van der Waals surface area contributed by atoms with Crippen LogP contribution in [0.1, 0.15) is 37.9 Å². The first-order valence-electron chi connectivity index (χ1n) is 12.8. The lowest BCUT2D eigenvalue weighted by atomic mass is 10.0. The Labute approximate surface area is 233 Å². The standard InChI is InChI=1S/C29H33N5O5S/c1-4-38-27-16-22(8-12-26(27)39-19(2)3)28(34(31)24-9-7-23-18-32-14-13-21(23)15-24)29(35)33-40(36,37)25-10-5-20(17-30)6-11-25/h5-16,18-19,28H,4,17,30-31H2,1-3H3,(H,33,35). The van der Waals surface area contributed by atoms with E-state index in [0.717, 1.165) is 16.3 Å².